The molecule has 1 aliphatic rings. The number of aromatic nitrogens is 5. The van der Waals surface area contributed by atoms with Crippen LogP contribution in [0.3, 0.4) is 0 Å². The smallest absolute Gasteiger partial charge is 0.257 e. The first kappa shape index (κ1) is 17.5. The summed E-state index contributed by atoms with van der Waals surface area (Å²) in [6.07, 6.45) is 8.42. The minimum Gasteiger partial charge on any atom is -0.396 e. The lowest BCUT2D eigenvalue weighted by Crippen LogP contribution is -2.41. The van der Waals surface area contributed by atoms with E-state index in [2.05, 4.69) is 20.3 Å². The van der Waals surface area contributed by atoms with Gasteiger partial charge in [-0.3, -0.25) is 9.48 Å². The number of rotatable bonds is 6. The van der Waals surface area contributed by atoms with Gasteiger partial charge in [0, 0.05) is 57.7 Å². The van der Waals surface area contributed by atoms with E-state index in [1.807, 2.05) is 22.7 Å². The predicted octanol–water partition coefficient (Wildman–Crippen LogP) is 0.718. The molecular formula is C17H24N6O2. The van der Waals surface area contributed by atoms with E-state index in [0.717, 1.165) is 43.9 Å². The Labute approximate surface area is 146 Å². The Morgan fingerprint density at radius 1 is 1.36 bits per heavy atom. The topological polar surface area (TPSA) is 97.0 Å². The Hall–Kier alpha value is -2.35. The van der Waals surface area contributed by atoms with Crippen molar-refractivity contribution in [3.05, 3.63) is 35.7 Å². The van der Waals surface area contributed by atoms with E-state index in [0.29, 0.717) is 24.4 Å². The number of carbonyl (C=O) groups excluding carboxylic acids is 1. The molecule has 1 amide bonds. The number of nitrogens with zero attached hydrogens (tertiary/aromatic N) is 6. The SMILES string of the molecule is CCc1ncc(C(=O)N2CCC[C@@H](Cn3cc(CCO)nn3)C2)cn1. The molecule has 25 heavy (non-hydrogen) atoms. The summed E-state index contributed by atoms with van der Waals surface area (Å²) in [6.45, 7) is 4.25. The third-order valence-corrected chi connectivity index (χ3v) is 4.47. The zero-order chi connectivity index (χ0) is 17.6. The van der Waals surface area contributed by atoms with Crippen molar-refractivity contribution in [3.63, 3.8) is 0 Å². The number of amides is 1. The monoisotopic (exact) mass is 344 g/mol. The van der Waals surface area contributed by atoms with Crippen molar-refractivity contribution >= 4 is 5.91 Å². The van der Waals surface area contributed by atoms with Gasteiger partial charge in [-0.05, 0) is 18.8 Å². The highest BCUT2D eigenvalue weighted by Crippen LogP contribution is 2.20. The summed E-state index contributed by atoms with van der Waals surface area (Å²) >= 11 is 0. The molecular weight excluding hydrogens is 320 g/mol. The lowest BCUT2D eigenvalue weighted by Gasteiger charge is -2.32. The molecule has 1 N–H and O–H groups in total. The van der Waals surface area contributed by atoms with Crippen LogP contribution in [0, 0.1) is 5.92 Å². The Morgan fingerprint density at radius 2 is 2.16 bits per heavy atom. The van der Waals surface area contributed by atoms with Crippen molar-refractivity contribution in [1.29, 1.82) is 0 Å². The van der Waals surface area contributed by atoms with Crippen molar-refractivity contribution in [3.8, 4) is 0 Å². The third kappa shape index (κ3) is 4.39. The van der Waals surface area contributed by atoms with Gasteiger partial charge in [0.05, 0.1) is 11.3 Å². The number of hydrogen-bond donors (Lipinski definition) is 1. The van der Waals surface area contributed by atoms with Crippen LogP contribution in [0.2, 0.25) is 0 Å². The Balaban J connectivity index is 1.60. The second-order valence-corrected chi connectivity index (χ2v) is 6.41. The van der Waals surface area contributed by atoms with Gasteiger partial charge in [-0.15, -0.1) is 5.10 Å². The predicted molar refractivity (Wildman–Crippen MR) is 90.8 cm³/mol. The fourth-order valence-corrected chi connectivity index (χ4v) is 3.15. The zero-order valence-electron chi connectivity index (χ0n) is 14.5. The molecule has 3 heterocycles. The summed E-state index contributed by atoms with van der Waals surface area (Å²) < 4.78 is 1.81. The molecule has 2 aromatic heterocycles. The maximum atomic E-state index is 12.7. The molecule has 3 rings (SSSR count). The van der Waals surface area contributed by atoms with Crippen LogP contribution in [0.4, 0.5) is 0 Å². The highest BCUT2D eigenvalue weighted by Gasteiger charge is 2.25. The first-order chi connectivity index (χ1) is 12.2. The molecule has 1 saturated heterocycles. The van der Waals surface area contributed by atoms with Gasteiger partial charge in [-0.1, -0.05) is 12.1 Å². The number of carbonyl (C=O) groups is 1. The molecule has 0 aromatic carbocycles. The third-order valence-electron chi connectivity index (χ3n) is 4.47. The standard InChI is InChI=1S/C17H24N6O2/c1-2-16-18-8-14(9-19-16)17(25)22-6-3-4-13(10-22)11-23-12-15(5-7-24)20-21-23/h8-9,12-13,24H,2-7,10-11H2,1H3/t13-/m1/s1. The normalized spacial score (nSPS) is 17.7. The summed E-state index contributed by atoms with van der Waals surface area (Å²) in [4.78, 5) is 23.0. The highest BCUT2D eigenvalue weighted by molar-refractivity contribution is 5.93. The summed E-state index contributed by atoms with van der Waals surface area (Å²) in [5.41, 5.74) is 1.34. The van der Waals surface area contributed by atoms with Crippen LogP contribution in [-0.2, 0) is 19.4 Å². The van der Waals surface area contributed by atoms with Gasteiger partial charge in [-0.2, -0.15) is 0 Å². The number of aryl methyl sites for hydroxylation is 1. The van der Waals surface area contributed by atoms with Crippen LogP contribution in [0.1, 0.15) is 41.6 Å². The Bertz CT molecular complexity index is 699. The van der Waals surface area contributed by atoms with E-state index in [1.54, 1.807) is 12.4 Å². The van der Waals surface area contributed by atoms with E-state index >= 15 is 0 Å². The highest BCUT2D eigenvalue weighted by atomic mass is 16.3. The van der Waals surface area contributed by atoms with Crippen molar-refractivity contribution in [2.45, 2.75) is 39.2 Å². The Morgan fingerprint density at radius 3 is 2.88 bits per heavy atom. The van der Waals surface area contributed by atoms with E-state index in [1.165, 1.54) is 0 Å². The summed E-state index contributed by atoms with van der Waals surface area (Å²) in [7, 11) is 0. The van der Waals surface area contributed by atoms with Crippen LogP contribution >= 0.6 is 0 Å². The van der Waals surface area contributed by atoms with Gasteiger partial charge in [0.15, 0.2) is 0 Å². The molecule has 1 fully saturated rings. The van der Waals surface area contributed by atoms with Crippen LogP contribution in [0.5, 0.6) is 0 Å². The van der Waals surface area contributed by atoms with Crippen LogP contribution in [0.15, 0.2) is 18.6 Å². The molecule has 0 radical (unpaired) electrons. The molecule has 0 aliphatic carbocycles. The first-order valence-electron chi connectivity index (χ1n) is 8.79. The van der Waals surface area contributed by atoms with Crippen LogP contribution in [0.25, 0.3) is 0 Å². The van der Waals surface area contributed by atoms with Crippen molar-refractivity contribution < 1.29 is 9.90 Å². The number of piperidine rings is 1. The molecule has 0 bridgehead atoms. The van der Waals surface area contributed by atoms with E-state index < -0.39 is 0 Å². The molecule has 1 aliphatic heterocycles. The first-order valence-corrected chi connectivity index (χ1v) is 8.79. The molecule has 2 aromatic rings. The second-order valence-electron chi connectivity index (χ2n) is 6.41. The second kappa shape index (κ2) is 8.15. The van der Waals surface area contributed by atoms with E-state index in [-0.39, 0.29) is 12.5 Å². The van der Waals surface area contributed by atoms with Gasteiger partial charge >= 0.3 is 0 Å². The minimum atomic E-state index is -0.00749. The average molecular weight is 344 g/mol. The molecule has 0 unspecified atom stereocenters. The lowest BCUT2D eigenvalue weighted by atomic mass is 9.97. The molecule has 8 heteroatoms. The fraction of sp³-hybridized carbons (Fsp3) is 0.588. The van der Waals surface area contributed by atoms with E-state index in [4.69, 9.17) is 5.11 Å². The van der Waals surface area contributed by atoms with Gasteiger partial charge in [0.1, 0.15) is 5.82 Å². The lowest BCUT2D eigenvalue weighted by molar-refractivity contribution is 0.0658. The van der Waals surface area contributed by atoms with Crippen molar-refractivity contribution in [2.75, 3.05) is 19.7 Å². The van der Waals surface area contributed by atoms with Crippen LogP contribution < -0.4 is 0 Å². The number of hydrogen-bond acceptors (Lipinski definition) is 6. The maximum absolute atomic E-state index is 12.7. The van der Waals surface area contributed by atoms with Gasteiger partial charge in [0.25, 0.3) is 5.91 Å². The molecule has 1 atom stereocenters. The Kier molecular flexibility index (Phi) is 5.70. The quantitative estimate of drug-likeness (QED) is 0.829. The molecule has 0 spiro atoms. The van der Waals surface area contributed by atoms with E-state index in [9.17, 15) is 4.79 Å². The summed E-state index contributed by atoms with van der Waals surface area (Å²) in [6, 6.07) is 0. The van der Waals surface area contributed by atoms with Crippen LogP contribution in [-0.4, -0.2) is 60.6 Å². The molecule has 0 saturated carbocycles. The maximum Gasteiger partial charge on any atom is 0.257 e. The fourth-order valence-electron chi connectivity index (χ4n) is 3.15. The number of aliphatic hydroxyl groups excluding tert-OH is 1. The minimum absolute atomic E-state index is 0.00749. The van der Waals surface area contributed by atoms with Gasteiger partial charge in [-0.25, -0.2) is 9.97 Å². The van der Waals surface area contributed by atoms with Crippen molar-refractivity contribution in [2.24, 2.45) is 5.92 Å². The van der Waals surface area contributed by atoms with Crippen molar-refractivity contribution in [1.82, 2.24) is 29.9 Å². The molecule has 134 valence electrons. The summed E-state index contributed by atoms with van der Waals surface area (Å²) in [5, 5.41) is 17.1. The zero-order valence-corrected chi connectivity index (χ0v) is 14.5. The summed E-state index contributed by atoms with van der Waals surface area (Å²) in [5.74, 6) is 1.09. The van der Waals surface area contributed by atoms with Gasteiger partial charge in [0.2, 0.25) is 0 Å². The number of aliphatic hydroxyl groups is 1. The largest absolute Gasteiger partial charge is 0.396 e. The van der Waals surface area contributed by atoms with Gasteiger partial charge < -0.3 is 10.0 Å². The molecule has 8 nitrogen and oxygen atoms in total. The number of likely N-dealkylation sites (tertiary alicyclic amines) is 1. The average Bonchev–Trinajstić information content (AvgIpc) is 3.09.